The van der Waals surface area contributed by atoms with Crippen molar-refractivity contribution in [1.82, 2.24) is 0 Å². The van der Waals surface area contributed by atoms with Gasteiger partial charge >= 0.3 is 0 Å². The number of halogens is 2. The lowest BCUT2D eigenvalue weighted by Crippen LogP contribution is -1.90. The van der Waals surface area contributed by atoms with E-state index < -0.39 is 0 Å². The number of hydrogen-bond acceptors (Lipinski definition) is 0. The van der Waals surface area contributed by atoms with Crippen molar-refractivity contribution in [3.05, 3.63) is 82.9 Å². The largest absolute Gasteiger partial charge is 0.206 e. The molecule has 0 aliphatic rings. The minimum absolute atomic E-state index is 0.330. The average Bonchev–Trinajstić information content (AvgIpc) is 2.50. The Hall–Kier alpha value is -2.48. The zero-order valence-electron chi connectivity index (χ0n) is 13.5. The lowest BCUT2D eigenvalue weighted by molar-refractivity contribution is 0.626. The molecule has 3 rings (SSSR count). The average molecular weight is 308 g/mol. The summed E-state index contributed by atoms with van der Waals surface area (Å²) in [5.74, 6) is -0.672. The molecule has 0 saturated heterocycles. The molecule has 0 amide bonds. The van der Waals surface area contributed by atoms with Gasteiger partial charge < -0.3 is 0 Å². The Bertz CT molecular complexity index is 879. The van der Waals surface area contributed by atoms with Crippen molar-refractivity contribution in [3.8, 4) is 22.3 Å². The Morgan fingerprint density at radius 2 is 1.13 bits per heavy atom. The molecule has 116 valence electrons. The van der Waals surface area contributed by atoms with Crippen LogP contribution in [0.3, 0.4) is 0 Å². The zero-order valence-corrected chi connectivity index (χ0v) is 13.5. The van der Waals surface area contributed by atoms with Crippen LogP contribution >= 0.6 is 0 Å². The van der Waals surface area contributed by atoms with Crippen molar-refractivity contribution in [2.45, 2.75) is 20.8 Å². The van der Waals surface area contributed by atoms with Gasteiger partial charge in [0.05, 0.1) is 0 Å². The third-order valence-corrected chi connectivity index (χ3v) is 4.22. The quantitative estimate of drug-likeness (QED) is 0.527. The lowest BCUT2D eigenvalue weighted by atomic mass is 9.97. The van der Waals surface area contributed by atoms with E-state index in [2.05, 4.69) is 0 Å². The second-order valence-electron chi connectivity index (χ2n) is 5.98. The van der Waals surface area contributed by atoms with E-state index >= 15 is 0 Å². The van der Waals surface area contributed by atoms with Crippen LogP contribution in [0.4, 0.5) is 8.78 Å². The van der Waals surface area contributed by atoms with Crippen LogP contribution in [-0.2, 0) is 0 Å². The van der Waals surface area contributed by atoms with E-state index in [4.69, 9.17) is 0 Å². The smallest absolute Gasteiger partial charge is 0.131 e. The molecule has 0 bridgehead atoms. The molecule has 0 N–H and O–H groups in total. The van der Waals surface area contributed by atoms with Crippen molar-refractivity contribution in [1.29, 1.82) is 0 Å². The summed E-state index contributed by atoms with van der Waals surface area (Å²) in [5.41, 5.74) is 5.47. The molecular formula is C21H18F2. The topological polar surface area (TPSA) is 0 Å². The summed E-state index contributed by atoms with van der Waals surface area (Å²) in [6, 6.07) is 15.7. The molecule has 0 aromatic heterocycles. The second kappa shape index (κ2) is 5.96. The maximum Gasteiger partial charge on any atom is 0.131 e. The van der Waals surface area contributed by atoms with E-state index in [9.17, 15) is 8.78 Å². The summed E-state index contributed by atoms with van der Waals surface area (Å²) >= 11 is 0. The minimum atomic E-state index is -0.342. The van der Waals surface area contributed by atoms with E-state index in [-0.39, 0.29) is 11.6 Å². The second-order valence-corrected chi connectivity index (χ2v) is 5.98. The van der Waals surface area contributed by atoms with Crippen LogP contribution in [-0.4, -0.2) is 0 Å². The number of aryl methyl sites for hydroxylation is 3. The van der Waals surface area contributed by atoms with Gasteiger partial charge in [0.25, 0.3) is 0 Å². The van der Waals surface area contributed by atoms with E-state index in [1.807, 2.05) is 45.0 Å². The van der Waals surface area contributed by atoms with Gasteiger partial charge in [-0.1, -0.05) is 42.5 Å². The number of rotatable bonds is 2. The molecule has 0 fully saturated rings. The maximum atomic E-state index is 14.5. The highest BCUT2D eigenvalue weighted by atomic mass is 19.1. The van der Waals surface area contributed by atoms with Gasteiger partial charge in [0, 0.05) is 11.1 Å². The fourth-order valence-corrected chi connectivity index (χ4v) is 2.68. The molecule has 0 radical (unpaired) electrons. The standard InChI is InChI=1S/C21H18F2/c1-13-4-8-18(20(22)10-13)17-7-9-19(21(23)12-17)16-6-5-14(2)15(3)11-16/h4-12H,1-3H3. The molecule has 3 aromatic rings. The van der Waals surface area contributed by atoms with Crippen molar-refractivity contribution in [3.63, 3.8) is 0 Å². The van der Waals surface area contributed by atoms with E-state index in [0.29, 0.717) is 16.7 Å². The molecule has 0 aliphatic heterocycles. The van der Waals surface area contributed by atoms with Crippen LogP contribution < -0.4 is 0 Å². The van der Waals surface area contributed by atoms with Crippen LogP contribution in [0.2, 0.25) is 0 Å². The number of hydrogen-bond donors (Lipinski definition) is 0. The first kappa shape index (κ1) is 15.4. The van der Waals surface area contributed by atoms with E-state index in [1.54, 1.807) is 18.2 Å². The minimum Gasteiger partial charge on any atom is -0.206 e. The van der Waals surface area contributed by atoms with Gasteiger partial charge in [0.2, 0.25) is 0 Å². The first-order chi connectivity index (χ1) is 11.0. The van der Waals surface area contributed by atoms with Gasteiger partial charge in [-0.25, -0.2) is 8.78 Å². The first-order valence-corrected chi connectivity index (χ1v) is 7.59. The Kier molecular flexibility index (Phi) is 3.99. The van der Waals surface area contributed by atoms with Crippen molar-refractivity contribution in [2.75, 3.05) is 0 Å². The third kappa shape index (κ3) is 3.02. The van der Waals surface area contributed by atoms with Crippen molar-refractivity contribution in [2.24, 2.45) is 0 Å². The van der Waals surface area contributed by atoms with Gasteiger partial charge in [0.15, 0.2) is 0 Å². The Morgan fingerprint density at radius 3 is 1.74 bits per heavy atom. The van der Waals surface area contributed by atoms with Gasteiger partial charge in [-0.2, -0.15) is 0 Å². The summed E-state index contributed by atoms with van der Waals surface area (Å²) in [6.07, 6.45) is 0. The fraction of sp³-hybridized carbons (Fsp3) is 0.143. The van der Waals surface area contributed by atoms with Crippen LogP contribution in [0.5, 0.6) is 0 Å². The summed E-state index contributed by atoms with van der Waals surface area (Å²) in [5, 5.41) is 0. The first-order valence-electron chi connectivity index (χ1n) is 7.59. The lowest BCUT2D eigenvalue weighted by Gasteiger charge is -2.10. The van der Waals surface area contributed by atoms with Crippen molar-refractivity contribution < 1.29 is 8.78 Å². The van der Waals surface area contributed by atoms with E-state index in [1.165, 1.54) is 17.7 Å². The summed E-state index contributed by atoms with van der Waals surface area (Å²) in [6.45, 7) is 5.86. The highest BCUT2D eigenvalue weighted by molar-refractivity contribution is 5.72. The highest BCUT2D eigenvalue weighted by Gasteiger charge is 2.11. The third-order valence-electron chi connectivity index (χ3n) is 4.22. The van der Waals surface area contributed by atoms with Gasteiger partial charge in [-0.15, -0.1) is 0 Å². The Balaban J connectivity index is 2.05. The molecule has 23 heavy (non-hydrogen) atoms. The molecule has 0 nitrogen and oxygen atoms in total. The SMILES string of the molecule is Cc1ccc(-c2ccc(-c3ccc(C)c(C)c3)c(F)c2)c(F)c1. The molecule has 0 heterocycles. The van der Waals surface area contributed by atoms with Gasteiger partial charge in [0.1, 0.15) is 11.6 Å². The van der Waals surface area contributed by atoms with E-state index in [0.717, 1.165) is 16.7 Å². The fourth-order valence-electron chi connectivity index (χ4n) is 2.68. The Morgan fingerprint density at radius 1 is 0.565 bits per heavy atom. The van der Waals surface area contributed by atoms with Crippen LogP contribution in [0.15, 0.2) is 54.6 Å². The monoisotopic (exact) mass is 308 g/mol. The molecule has 0 atom stereocenters. The predicted molar refractivity (Wildman–Crippen MR) is 91.4 cm³/mol. The van der Waals surface area contributed by atoms with Gasteiger partial charge in [-0.05, 0) is 60.7 Å². The molecule has 0 saturated carbocycles. The molecule has 0 aliphatic carbocycles. The molecule has 2 heteroatoms. The van der Waals surface area contributed by atoms with Crippen LogP contribution in [0, 0.1) is 32.4 Å². The van der Waals surface area contributed by atoms with Crippen LogP contribution in [0.1, 0.15) is 16.7 Å². The molecule has 0 unspecified atom stereocenters. The predicted octanol–water partition coefficient (Wildman–Crippen LogP) is 6.22. The maximum absolute atomic E-state index is 14.5. The van der Waals surface area contributed by atoms with Gasteiger partial charge in [-0.3, -0.25) is 0 Å². The summed E-state index contributed by atoms with van der Waals surface area (Å²) in [4.78, 5) is 0. The summed E-state index contributed by atoms with van der Waals surface area (Å²) < 4.78 is 28.6. The molecular weight excluding hydrogens is 290 g/mol. The normalized spacial score (nSPS) is 10.8. The number of benzene rings is 3. The zero-order chi connectivity index (χ0) is 16.6. The highest BCUT2D eigenvalue weighted by Crippen LogP contribution is 2.30. The molecule has 0 spiro atoms. The Labute approximate surface area is 135 Å². The van der Waals surface area contributed by atoms with Crippen LogP contribution in [0.25, 0.3) is 22.3 Å². The molecule has 3 aromatic carbocycles. The van der Waals surface area contributed by atoms with Crippen molar-refractivity contribution >= 4 is 0 Å². The summed E-state index contributed by atoms with van der Waals surface area (Å²) in [7, 11) is 0.